The van der Waals surface area contributed by atoms with Gasteiger partial charge in [0.05, 0.1) is 20.3 Å². The molecule has 2 rings (SSSR count). The fraction of sp³-hybridized carbons (Fsp3) is 0.158. The van der Waals surface area contributed by atoms with Crippen molar-refractivity contribution in [2.24, 2.45) is 0 Å². The van der Waals surface area contributed by atoms with Gasteiger partial charge in [-0.25, -0.2) is 4.79 Å². The summed E-state index contributed by atoms with van der Waals surface area (Å²) in [5.41, 5.74) is 1.65. The van der Waals surface area contributed by atoms with Gasteiger partial charge in [-0.2, -0.15) is 0 Å². The van der Waals surface area contributed by atoms with Gasteiger partial charge in [0.1, 0.15) is 11.4 Å². The van der Waals surface area contributed by atoms with E-state index in [-0.39, 0.29) is 5.70 Å². The molecule has 130 valence electrons. The highest BCUT2D eigenvalue weighted by atomic mass is 16.5. The van der Waals surface area contributed by atoms with E-state index in [1.54, 1.807) is 31.4 Å². The number of hydrogen-bond acceptors (Lipinski definition) is 5. The number of amides is 1. The highest BCUT2D eigenvalue weighted by Gasteiger charge is 2.12. The summed E-state index contributed by atoms with van der Waals surface area (Å²) in [4.78, 5) is 24.0. The lowest BCUT2D eigenvalue weighted by Gasteiger charge is -2.12. The zero-order valence-corrected chi connectivity index (χ0v) is 14.1. The van der Waals surface area contributed by atoms with E-state index in [2.05, 4.69) is 15.4 Å². The maximum atomic E-state index is 12.4. The maximum Gasteiger partial charge on any atom is 0.332 e. The monoisotopic (exact) mass is 340 g/mol. The highest BCUT2D eigenvalue weighted by Crippen LogP contribution is 2.18. The third kappa shape index (κ3) is 5.69. The number of methoxy groups -OCH3 is 2. The molecular weight excluding hydrogens is 320 g/mol. The normalized spacial score (nSPS) is 10.7. The Morgan fingerprint density at radius 3 is 2.48 bits per heavy atom. The molecule has 0 aliphatic heterocycles. The summed E-state index contributed by atoms with van der Waals surface area (Å²) in [5.74, 6) is -0.413. The average Bonchev–Trinajstić information content (AvgIpc) is 2.66. The molecule has 6 heteroatoms. The zero-order valence-electron chi connectivity index (χ0n) is 14.1. The van der Waals surface area contributed by atoms with Crippen molar-refractivity contribution in [3.8, 4) is 5.75 Å². The molecule has 0 aliphatic rings. The molecule has 0 unspecified atom stereocenters. The van der Waals surface area contributed by atoms with Gasteiger partial charge >= 0.3 is 5.97 Å². The molecule has 0 saturated heterocycles. The summed E-state index contributed by atoms with van der Waals surface area (Å²) in [7, 11) is 2.81. The van der Waals surface area contributed by atoms with Crippen LogP contribution in [0, 0.1) is 0 Å². The van der Waals surface area contributed by atoms with E-state index in [9.17, 15) is 9.59 Å². The second kappa shape index (κ2) is 9.12. The second-order valence-corrected chi connectivity index (χ2v) is 5.11. The molecule has 0 fully saturated rings. The Morgan fingerprint density at radius 1 is 1.04 bits per heavy atom. The summed E-state index contributed by atoms with van der Waals surface area (Å²) in [5, 5.41) is 5.69. The molecule has 2 aromatic rings. The Balaban J connectivity index is 2.13. The van der Waals surface area contributed by atoms with Crippen molar-refractivity contribution in [2.75, 3.05) is 19.5 Å². The van der Waals surface area contributed by atoms with Crippen LogP contribution in [0.25, 0.3) is 0 Å². The number of benzene rings is 2. The van der Waals surface area contributed by atoms with E-state index < -0.39 is 11.9 Å². The number of carbonyl (C=O) groups excluding carboxylic acids is 2. The third-order valence-electron chi connectivity index (χ3n) is 3.35. The number of hydrogen-bond donors (Lipinski definition) is 2. The van der Waals surface area contributed by atoms with E-state index in [1.165, 1.54) is 7.11 Å². The third-order valence-corrected chi connectivity index (χ3v) is 3.35. The van der Waals surface area contributed by atoms with Crippen LogP contribution >= 0.6 is 0 Å². The van der Waals surface area contributed by atoms with Crippen LogP contribution < -0.4 is 15.4 Å². The number of anilines is 1. The maximum absolute atomic E-state index is 12.4. The first-order chi connectivity index (χ1) is 12.1. The van der Waals surface area contributed by atoms with Crippen molar-refractivity contribution in [2.45, 2.75) is 6.54 Å². The van der Waals surface area contributed by atoms with Crippen molar-refractivity contribution in [3.05, 3.63) is 71.9 Å². The quantitative estimate of drug-likeness (QED) is 0.598. The minimum absolute atomic E-state index is 0.0797. The molecular formula is C19H20N2O4. The van der Waals surface area contributed by atoms with Crippen LogP contribution in [-0.2, 0) is 20.9 Å². The standard InChI is InChI=1S/C19H20N2O4/c1-24-16-10-6-9-15(11-16)21-17(12-18(22)25-2)19(23)20-13-14-7-4-3-5-8-14/h3-12,21H,13H2,1-2H3,(H,20,23)/b17-12-. The summed E-state index contributed by atoms with van der Waals surface area (Å²) in [6.45, 7) is 0.345. The first-order valence-corrected chi connectivity index (χ1v) is 7.65. The smallest absolute Gasteiger partial charge is 0.332 e. The molecule has 1 amide bonds. The zero-order chi connectivity index (χ0) is 18.1. The molecule has 25 heavy (non-hydrogen) atoms. The van der Waals surface area contributed by atoms with Gasteiger partial charge in [-0.1, -0.05) is 36.4 Å². The molecule has 0 atom stereocenters. The van der Waals surface area contributed by atoms with Crippen LogP contribution in [0.2, 0.25) is 0 Å². The molecule has 6 nitrogen and oxygen atoms in total. The number of carbonyl (C=O) groups is 2. The molecule has 0 saturated carbocycles. The summed E-state index contributed by atoms with van der Waals surface area (Å²) >= 11 is 0. The SMILES string of the molecule is COC(=O)/C=C(\Nc1cccc(OC)c1)C(=O)NCc1ccccc1. The largest absolute Gasteiger partial charge is 0.497 e. The number of ether oxygens (including phenoxy) is 2. The lowest BCUT2D eigenvalue weighted by molar-refractivity contribution is -0.135. The van der Waals surface area contributed by atoms with Gasteiger partial charge in [-0.3, -0.25) is 4.79 Å². The predicted octanol–water partition coefficient (Wildman–Crippen LogP) is 2.48. The van der Waals surface area contributed by atoms with Crippen molar-refractivity contribution >= 4 is 17.6 Å². The number of rotatable bonds is 7. The number of esters is 1. The average molecular weight is 340 g/mol. The van der Waals surface area contributed by atoms with Crippen molar-refractivity contribution in [3.63, 3.8) is 0 Å². The van der Waals surface area contributed by atoms with Crippen LogP contribution in [0.3, 0.4) is 0 Å². The Labute approximate surface area is 146 Å². The van der Waals surface area contributed by atoms with Crippen LogP contribution in [0.5, 0.6) is 5.75 Å². The second-order valence-electron chi connectivity index (χ2n) is 5.11. The Hall–Kier alpha value is -3.28. The molecule has 0 radical (unpaired) electrons. The molecule has 0 aliphatic carbocycles. The van der Waals surface area contributed by atoms with E-state index in [4.69, 9.17) is 4.74 Å². The lowest BCUT2D eigenvalue weighted by Crippen LogP contribution is -2.28. The van der Waals surface area contributed by atoms with Gasteiger partial charge in [-0.15, -0.1) is 0 Å². The predicted molar refractivity (Wildman–Crippen MR) is 95.0 cm³/mol. The van der Waals surface area contributed by atoms with Gasteiger partial charge in [0.25, 0.3) is 5.91 Å². The lowest BCUT2D eigenvalue weighted by atomic mass is 10.2. The van der Waals surface area contributed by atoms with Gasteiger partial charge in [0.15, 0.2) is 0 Å². The molecule has 0 heterocycles. The van der Waals surface area contributed by atoms with E-state index in [1.807, 2.05) is 30.3 Å². The van der Waals surface area contributed by atoms with E-state index in [0.29, 0.717) is 18.0 Å². The summed E-state index contributed by atoms with van der Waals surface area (Å²) < 4.78 is 9.77. The Morgan fingerprint density at radius 2 is 1.80 bits per heavy atom. The minimum atomic E-state index is -0.625. The Bertz CT molecular complexity index is 757. The van der Waals surface area contributed by atoms with Crippen LogP contribution in [0.4, 0.5) is 5.69 Å². The van der Waals surface area contributed by atoms with Crippen molar-refractivity contribution < 1.29 is 19.1 Å². The van der Waals surface area contributed by atoms with Crippen molar-refractivity contribution in [1.29, 1.82) is 0 Å². The highest BCUT2D eigenvalue weighted by molar-refractivity contribution is 6.01. The van der Waals surface area contributed by atoms with Gasteiger partial charge in [0, 0.05) is 18.3 Å². The molecule has 0 bridgehead atoms. The fourth-order valence-electron chi connectivity index (χ4n) is 2.06. The van der Waals surface area contributed by atoms with Crippen LogP contribution in [0.1, 0.15) is 5.56 Å². The van der Waals surface area contributed by atoms with Crippen molar-refractivity contribution in [1.82, 2.24) is 5.32 Å². The first kappa shape index (κ1) is 18.1. The van der Waals surface area contributed by atoms with Crippen LogP contribution in [-0.4, -0.2) is 26.1 Å². The molecule has 0 aromatic heterocycles. The van der Waals surface area contributed by atoms with Gasteiger partial charge < -0.3 is 20.1 Å². The first-order valence-electron chi connectivity index (χ1n) is 7.65. The number of nitrogens with one attached hydrogen (secondary N) is 2. The van der Waals surface area contributed by atoms with E-state index in [0.717, 1.165) is 11.6 Å². The summed E-state index contributed by atoms with van der Waals surface area (Å²) in [6, 6.07) is 16.5. The van der Waals surface area contributed by atoms with Crippen LogP contribution in [0.15, 0.2) is 66.4 Å². The molecule has 2 aromatic carbocycles. The minimum Gasteiger partial charge on any atom is -0.497 e. The Kier molecular flexibility index (Phi) is 6.59. The topological polar surface area (TPSA) is 76.7 Å². The van der Waals surface area contributed by atoms with Gasteiger partial charge in [-0.05, 0) is 17.7 Å². The molecule has 0 spiro atoms. The molecule has 2 N–H and O–H groups in total. The van der Waals surface area contributed by atoms with E-state index >= 15 is 0 Å². The fourth-order valence-corrected chi connectivity index (χ4v) is 2.06. The summed E-state index contributed by atoms with van der Waals surface area (Å²) in [6.07, 6.45) is 1.11. The van der Waals surface area contributed by atoms with Gasteiger partial charge in [0.2, 0.25) is 0 Å².